The maximum atomic E-state index is 9.19. The van der Waals surface area contributed by atoms with Crippen LogP contribution < -0.4 is 4.74 Å². The third-order valence-electron chi connectivity index (χ3n) is 6.10. The summed E-state index contributed by atoms with van der Waals surface area (Å²) in [6.07, 6.45) is 4.39. The predicted molar refractivity (Wildman–Crippen MR) is 116 cm³/mol. The normalized spacial score (nSPS) is 23.5. The van der Waals surface area contributed by atoms with Crippen LogP contribution in [0.5, 0.6) is 5.75 Å². The second-order valence-corrected chi connectivity index (χ2v) is 9.42. The number of hydrogen-bond donors (Lipinski definition) is 1. The van der Waals surface area contributed by atoms with Crippen LogP contribution in [0.25, 0.3) is 0 Å². The molecule has 0 bridgehead atoms. The number of rotatable bonds is 4. The molecule has 2 aromatic rings. The molecule has 1 saturated heterocycles. The highest BCUT2D eigenvalue weighted by molar-refractivity contribution is 7.85. The Balaban J connectivity index is 0.000000431. The molecule has 6 heteroatoms. The van der Waals surface area contributed by atoms with Crippen molar-refractivity contribution in [3.05, 3.63) is 65.2 Å². The van der Waals surface area contributed by atoms with Crippen LogP contribution in [0.15, 0.2) is 48.5 Å². The average molecular weight is 418 g/mol. The lowest BCUT2D eigenvalue weighted by Crippen LogP contribution is -2.35. The minimum absolute atomic E-state index is 0.678. The van der Waals surface area contributed by atoms with E-state index in [1.54, 1.807) is 12.7 Å². The van der Waals surface area contributed by atoms with Crippen LogP contribution in [0.3, 0.4) is 0 Å². The summed E-state index contributed by atoms with van der Waals surface area (Å²) in [5.74, 6) is 2.47. The third-order valence-corrected chi connectivity index (χ3v) is 6.10. The van der Waals surface area contributed by atoms with Crippen LogP contribution in [-0.4, -0.2) is 50.4 Å². The van der Waals surface area contributed by atoms with Crippen LogP contribution in [0.4, 0.5) is 0 Å². The van der Waals surface area contributed by atoms with Crippen molar-refractivity contribution in [2.45, 2.75) is 38.1 Å². The Morgan fingerprint density at radius 2 is 1.86 bits per heavy atom. The Morgan fingerprint density at radius 3 is 2.48 bits per heavy atom. The number of likely N-dealkylation sites (N-methyl/N-ethyl adjacent to an activating group) is 1. The van der Waals surface area contributed by atoms with E-state index in [1.165, 1.54) is 36.9 Å². The lowest BCUT2D eigenvalue weighted by molar-refractivity contribution is 0.228. The van der Waals surface area contributed by atoms with E-state index in [4.69, 9.17) is 9.29 Å². The van der Waals surface area contributed by atoms with E-state index in [0.29, 0.717) is 18.2 Å². The molecule has 0 saturated carbocycles. The van der Waals surface area contributed by atoms with Gasteiger partial charge in [-0.2, -0.15) is 8.42 Å². The number of fused-ring (bicyclic) bond motifs is 3. The summed E-state index contributed by atoms with van der Waals surface area (Å²) in [5, 5.41) is 0. The number of aryl methyl sites for hydroxylation is 1. The van der Waals surface area contributed by atoms with Gasteiger partial charge in [-0.1, -0.05) is 43.3 Å². The first-order valence-electron chi connectivity index (χ1n) is 10.2. The Kier molecular flexibility index (Phi) is 6.98. The molecule has 158 valence electrons. The molecule has 1 N–H and O–H groups in total. The van der Waals surface area contributed by atoms with Gasteiger partial charge in [-0.15, -0.1) is 0 Å². The maximum absolute atomic E-state index is 9.19. The van der Waals surface area contributed by atoms with E-state index < -0.39 is 10.1 Å². The van der Waals surface area contributed by atoms with Crippen LogP contribution >= 0.6 is 0 Å². The molecule has 0 radical (unpaired) electrons. The standard InChI is InChI=1S/C22H27NO.CH4O3S/c1-3-23-15-21-19-12-10-18(24-2)14-17(19)9-11-20(21)22(23)13-16-7-5-4-6-8-16;1-5(2,3)4/h4-8,10,12,14,20-22H,3,9,11,13,15H2,1-2H3;1H3,(H,2,3,4). The summed E-state index contributed by atoms with van der Waals surface area (Å²) in [6.45, 7) is 4.66. The highest BCUT2D eigenvalue weighted by atomic mass is 32.2. The average Bonchev–Trinajstić information content (AvgIpc) is 3.05. The molecular weight excluding hydrogens is 386 g/mol. The van der Waals surface area contributed by atoms with Crippen LogP contribution in [0.1, 0.15) is 36.0 Å². The zero-order valence-corrected chi connectivity index (χ0v) is 18.2. The van der Waals surface area contributed by atoms with Gasteiger partial charge in [0.25, 0.3) is 10.1 Å². The van der Waals surface area contributed by atoms with Gasteiger partial charge >= 0.3 is 0 Å². The topological polar surface area (TPSA) is 66.8 Å². The van der Waals surface area contributed by atoms with Gasteiger partial charge in [-0.05, 0) is 60.5 Å². The fourth-order valence-electron chi connectivity index (χ4n) is 4.89. The van der Waals surface area contributed by atoms with Gasteiger partial charge in [0.1, 0.15) is 5.75 Å². The Bertz CT molecular complexity index is 906. The molecule has 4 rings (SSSR count). The van der Waals surface area contributed by atoms with Crippen molar-refractivity contribution in [3.8, 4) is 5.75 Å². The highest BCUT2D eigenvalue weighted by Crippen LogP contribution is 2.46. The van der Waals surface area contributed by atoms with Gasteiger partial charge in [0.15, 0.2) is 0 Å². The first-order chi connectivity index (χ1) is 13.8. The zero-order chi connectivity index (χ0) is 21.0. The number of ether oxygens (including phenoxy) is 1. The van der Waals surface area contributed by atoms with Gasteiger partial charge in [0, 0.05) is 18.5 Å². The summed E-state index contributed by atoms with van der Waals surface area (Å²) in [5.41, 5.74) is 4.55. The van der Waals surface area contributed by atoms with Crippen molar-refractivity contribution in [1.29, 1.82) is 0 Å². The maximum Gasteiger partial charge on any atom is 0.261 e. The van der Waals surface area contributed by atoms with Crippen molar-refractivity contribution in [1.82, 2.24) is 4.90 Å². The Labute approximate surface area is 174 Å². The number of nitrogens with zero attached hydrogens (tertiary/aromatic N) is 1. The molecule has 29 heavy (non-hydrogen) atoms. The molecule has 2 aromatic carbocycles. The van der Waals surface area contributed by atoms with Gasteiger partial charge in [0.2, 0.25) is 0 Å². The molecular formula is C23H31NO4S. The first-order valence-corrected chi connectivity index (χ1v) is 12.0. The van der Waals surface area contributed by atoms with Crippen molar-refractivity contribution in [2.24, 2.45) is 5.92 Å². The second kappa shape index (κ2) is 9.28. The van der Waals surface area contributed by atoms with Crippen molar-refractivity contribution >= 4 is 10.1 Å². The third kappa shape index (κ3) is 5.59. The molecule has 1 aliphatic carbocycles. The minimum atomic E-state index is -3.67. The number of methoxy groups -OCH3 is 1. The molecule has 1 fully saturated rings. The van der Waals surface area contributed by atoms with Crippen LogP contribution in [0.2, 0.25) is 0 Å². The molecule has 3 atom stereocenters. The summed E-state index contributed by atoms with van der Waals surface area (Å²) in [4.78, 5) is 2.71. The molecule has 0 spiro atoms. The van der Waals surface area contributed by atoms with Gasteiger partial charge in [-0.3, -0.25) is 9.45 Å². The first kappa shape index (κ1) is 21.8. The summed E-state index contributed by atoms with van der Waals surface area (Å²) < 4.78 is 31.3. The highest BCUT2D eigenvalue weighted by Gasteiger charge is 2.43. The smallest absolute Gasteiger partial charge is 0.261 e. The number of likely N-dealkylation sites (tertiary alicyclic amines) is 1. The monoisotopic (exact) mass is 417 g/mol. The zero-order valence-electron chi connectivity index (χ0n) is 17.4. The molecule has 0 amide bonds. The fourth-order valence-corrected chi connectivity index (χ4v) is 4.89. The SMILES string of the molecule is CCN1CC2c3ccc(OC)cc3CCC2C1Cc1ccccc1.CS(=O)(=O)O. The largest absolute Gasteiger partial charge is 0.497 e. The Hall–Kier alpha value is -1.89. The molecule has 1 heterocycles. The van der Waals surface area contributed by atoms with Crippen molar-refractivity contribution in [2.75, 3.05) is 26.5 Å². The van der Waals surface area contributed by atoms with Crippen LogP contribution in [0, 0.1) is 5.92 Å². The lowest BCUT2D eigenvalue weighted by atomic mass is 9.73. The van der Waals surface area contributed by atoms with Gasteiger partial charge in [-0.25, -0.2) is 0 Å². The van der Waals surface area contributed by atoms with E-state index in [0.717, 1.165) is 18.2 Å². The fraction of sp³-hybridized carbons (Fsp3) is 0.478. The molecule has 5 nitrogen and oxygen atoms in total. The second-order valence-electron chi connectivity index (χ2n) is 7.95. The van der Waals surface area contributed by atoms with E-state index in [-0.39, 0.29) is 0 Å². The Morgan fingerprint density at radius 1 is 1.17 bits per heavy atom. The predicted octanol–water partition coefficient (Wildman–Crippen LogP) is 3.79. The molecule has 3 unspecified atom stereocenters. The molecule has 0 aromatic heterocycles. The lowest BCUT2D eigenvalue weighted by Gasteiger charge is -2.32. The summed E-state index contributed by atoms with van der Waals surface area (Å²) >= 11 is 0. The van der Waals surface area contributed by atoms with E-state index in [9.17, 15) is 8.42 Å². The minimum Gasteiger partial charge on any atom is -0.497 e. The number of hydrogen-bond acceptors (Lipinski definition) is 4. The van der Waals surface area contributed by atoms with E-state index >= 15 is 0 Å². The van der Waals surface area contributed by atoms with E-state index in [2.05, 4.69) is 60.4 Å². The van der Waals surface area contributed by atoms with Crippen molar-refractivity contribution in [3.63, 3.8) is 0 Å². The van der Waals surface area contributed by atoms with Crippen molar-refractivity contribution < 1.29 is 17.7 Å². The number of benzene rings is 2. The van der Waals surface area contributed by atoms with E-state index in [1.807, 2.05) is 0 Å². The van der Waals surface area contributed by atoms with Crippen LogP contribution in [-0.2, 0) is 23.0 Å². The molecule has 2 aliphatic rings. The quantitative estimate of drug-likeness (QED) is 0.767. The van der Waals surface area contributed by atoms with Gasteiger partial charge in [0.05, 0.1) is 13.4 Å². The molecule has 1 aliphatic heterocycles. The summed E-state index contributed by atoms with van der Waals surface area (Å²) in [6, 6.07) is 18.4. The van der Waals surface area contributed by atoms with Gasteiger partial charge < -0.3 is 4.74 Å². The summed E-state index contributed by atoms with van der Waals surface area (Å²) in [7, 11) is -1.91.